The minimum atomic E-state index is 0.762. The second kappa shape index (κ2) is 27.5. The smallest absolute Gasteiger partial charge is 0.0256 e. The van der Waals surface area contributed by atoms with E-state index in [1.54, 1.807) is 0 Å². The zero-order chi connectivity index (χ0) is 33.4. The Hall–Kier alpha value is -0.780. The molecule has 0 saturated heterocycles. The van der Waals surface area contributed by atoms with Gasteiger partial charge in [0.15, 0.2) is 0 Å². The van der Waals surface area contributed by atoms with Crippen LogP contribution >= 0.6 is 0 Å². The van der Waals surface area contributed by atoms with Crippen LogP contribution in [0.4, 0.5) is 0 Å². The Balaban J connectivity index is 0. The summed E-state index contributed by atoms with van der Waals surface area (Å²) in [5, 5.41) is 0. The van der Waals surface area contributed by atoms with E-state index in [0.29, 0.717) is 0 Å². The van der Waals surface area contributed by atoms with E-state index in [-0.39, 0.29) is 0 Å². The lowest BCUT2D eigenvalue weighted by Crippen LogP contribution is -2.00. The third-order valence-electron chi connectivity index (χ3n) is 8.45. The van der Waals surface area contributed by atoms with Gasteiger partial charge in [-0.3, -0.25) is 0 Å². The monoisotopic (exact) mass is 601 g/mol. The SMILES string of the molecule is CC(C)CC(C)C.CC(C)CC1CC1.CC(C)CC1CCCC1.CCC(CC)CC(C)C.Cc1ccc(CC(C)C)cc1. The molecule has 0 aromatic heterocycles. The van der Waals surface area contributed by atoms with Crippen LogP contribution in [0, 0.1) is 60.2 Å². The second-order valence-electron chi connectivity index (χ2n) is 16.8. The summed E-state index contributed by atoms with van der Waals surface area (Å²) < 4.78 is 0. The second-order valence-corrected chi connectivity index (χ2v) is 16.8. The first kappa shape index (κ1) is 44.3. The van der Waals surface area contributed by atoms with Gasteiger partial charge in [-0.2, -0.15) is 0 Å². The minimum absolute atomic E-state index is 0.762. The van der Waals surface area contributed by atoms with Gasteiger partial charge in [0.05, 0.1) is 0 Å². The van der Waals surface area contributed by atoms with Crippen molar-refractivity contribution in [3.05, 3.63) is 35.4 Å². The largest absolute Gasteiger partial charge is 0.0651 e. The molecule has 256 valence electrons. The van der Waals surface area contributed by atoms with Crippen molar-refractivity contribution in [1.29, 1.82) is 0 Å². The number of hydrogen-bond acceptors (Lipinski definition) is 0. The van der Waals surface area contributed by atoms with E-state index in [1.165, 1.54) is 94.6 Å². The van der Waals surface area contributed by atoms with Gasteiger partial charge < -0.3 is 0 Å². The summed E-state index contributed by atoms with van der Waals surface area (Å²) in [6.07, 6.45) is 18.7. The predicted molar refractivity (Wildman–Crippen MR) is 201 cm³/mol. The van der Waals surface area contributed by atoms with Crippen molar-refractivity contribution in [2.75, 3.05) is 0 Å². The quantitative estimate of drug-likeness (QED) is 0.224. The fourth-order valence-corrected chi connectivity index (χ4v) is 6.36. The van der Waals surface area contributed by atoms with Gasteiger partial charge in [-0.25, -0.2) is 0 Å². The minimum Gasteiger partial charge on any atom is -0.0651 e. The third kappa shape index (κ3) is 33.9. The van der Waals surface area contributed by atoms with E-state index in [2.05, 4.69) is 128 Å². The molecule has 0 nitrogen and oxygen atoms in total. The molecule has 1 aromatic carbocycles. The summed E-state index contributed by atoms with van der Waals surface area (Å²) in [5.74, 6) is 8.45. The Labute approximate surface area is 275 Å². The van der Waals surface area contributed by atoms with Crippen molar-refractivity contribution in [2.24, 2.45) is 53.3 Å². The Kier molecular flexibility index (Phi) is 28.4. The molecule has 0 heterocycles. The molecular weight excluding hydrogens is 516 g/mol. The maximum Gasteiger partial charge on any atom is -0.0256 e. The van der Waals surface area contributed by atoms with E-state index in [9.17, 15) is 0 Å². The maximum atomic E-state index is 2.33. The molecule has 0 bridgehead atoms. The molecule has 2 saturated carbocycles. The summed E-state index contributed by atoms with van der Waals surface area (Å²) in [7, 11) is 0. The average Bonchev–Trinajstić information content (AvgIpc) is 3.54. The van der Waals surface area contributed by atoms with Gasteiger partial charge in [-0.1, -0.05) is 178 Å². The highest BCUT2D eigenvalue weighted by Gasteiger charge is 2.21. The molecule has 0 unspecified atom stereocenters. The average molecular weight is 601 g/mol. The molecule has 0 amide bonds. The molecule has 0 heteroatoms. The van der Waals surface area contributed by atoms with Crippen LogP contribution in [-0.4, -0.2) is 0 Å². The highest BCUT2D eigenvalue weighted by molar-refractivity contribution is 5.21. The van der Waals surface area contributed by atoms with Crippen LogP contribution in [0.2, 0.25) is 0 Å². The Morgan fingerprint density at radius 3 is 1.16 bits per heavy atom. The van der Waals surface area contributed by atoms with Crippen molar-refractivity contribution >= 4 is 0 Å². The zero-order valence-corrected chi connectivity index (χ0v) is 32.7. The van der Waals surface area contributed by atoms with Crippen LogP contribution in [0.25, 0.3) is 0 Å². The van der Waals surface area contributed by atoms with Crippen molar-refractivity contribution < 1.29 is 0 Å². The van der Waals surface area contributed by atoms with Gasteiger partial charge in [-0.05, 0) is 97.9 Å². The first-order valence-electron chi connectivity index (χ1n) is 19.1. The molecule has 1 aromatic rings. The van der Waals surface area contributed by atoms with E-state index in [0.717, 1.165) is 53.3 Å². The summed E-state index contributed by atoms with van der Waals surface area (Å²) in [6.45, 7) is 34.1. The Morgan fingerprint density at radius 2 is 0.907 bits per heavy atom. The van der Waals surface area contributed by atoms with Gasteiger partial charge in [0, 0.05) is 0 Å². The molecule has 2 aliphatic rings. The van der Waals surface area contributed by atoms with Crippen molar-refractivity contribution in [3.63, 3.8) is 0 Å². The van der Waals surface area contributed by atoms with Crippen molar-refractivity contribution in [3.8, 4) is 0 Å². The van der Waals surface area contributed by atoms with Gasteiger partial charge >= 0.3 is 0 Å². The number of rotatable bonds is 12. The molecule has 0 atom stereocenters. The van der Waals surface area contributed by atoms with Crippen LogP contribution in [-0.2, 0) is 6.42 Å². The highest BCUT2D eigenvalue weighted by atomic mass is 14.3. The zero-order valence-electron chi connectivity index (χ0n) is 32.7. The summed E-state index contributed by atoms with van der Waals surface area (Å²) in [6, 6.07) is 8.79. The predicted octanol–water partition coefficient (Wildman–Crippen LogP) is 15.0. The van der Waals surface area contributed by atoms with E-state index in [4.69, 9.17) is 0 Å². The fraction of sp³-hybridized carbons (Fsp3) is 0.860. The lowest BCUT2D eigenvalue weighted by atomic mass is 9.93. The maximum absolute atomic E-state index is 2.33. The molecule has 2 aliphatic carbocycles. The van der Waals surface area contributed by atoms with Crippen LogP contribution in [0.5, 0.6) is 0 Å². The first-order valence-corrected chi connectivity index (χ1v) is 19.1. The molecule has 0 spiro atoms. The lowest BCUT2D eigenvalue weighted by Gasteiger charge is -2.13. The molecule has 0 radical (unpaired) electrons. The van der Waals surface area contributed by atoms with Crippen LogP contribution in [0.3, 0.4) is 0 Å². The van der Waals surface area contributed by atoms with E-state index in [1.807, 2.05) is 0 Å². The molecule has 0 N–H and O–H groups in total. The molecule has 0 aliphatic heterocycles. The highest BCUT2D eigenvalue weighted by Crippen LogP contribution is 2.34. The Morgan fingerprint density at radius 1 is 0.512 bits per heavy atom. The summed E-state index contributed by atoms with van der Waals surface area (Å²) in [5.41, 5.74) is 2.79. The molecular formula is C43H84. The van der Waals surface area contributed by atoms with Gasteiger partial charge in [0.25, 0.3) is 0 Å². The lowest BCUT2D eigenvalue weighted by molar-refractivity contribution is 0.388. The number of benzene rings is 1. The summed E-state index contributed by atoms with van der Waals surface area (Å²) >= 11 is 0. The van der Waals surface area contributed by atoms with Crippen LogP contribution < -0.4 is 0 Å². The first-order chi connectivity index (χ1) is 20.1. The van der Waals surface area contributed by atoms with Crippen molar-refractivity contribution in [2.45, 2.75) is 187 Å². The van der Waals surface area contributed by atoms with Crippen LogP contribution in [0.1, 0.15) is 185 Å². The van der Waals surface area contributed by atoms with Crippen LogP contribution in [0.15, 0.2) is 24.3 Å². The Bertz CT molecular complexity index is 651. The van der Waals surface area contributed by atoms with Crippen molar-refractivity contribution in [1.82, 2.24) is 0 Å². The normalized spacial score (nSPS) is 14.8. The topological polar surface area (TPSA) is 0 Å². The van der Waals surface area contributed by atoms with E-state index < -0.39 is 0 Å². The third-order valence-corrected chi connectivity index (χ3v) is 8.45. The standard InChI is InChI=1S/C11H16.C9H18.C9H20.C7H14.C7H16/c1-9(2)8-11-6-4-10(3)5-7-11;1-8(2)7-9-5-3-4-6-9;1-5-9(6-2)7-8(3)4;1-6(2)5-7-3-4-7;1-6(2)5-7(3)4/h4-7,9H,8H2,1-3H3;8-9H,3-7H2,1-2H3;8-9H,5-7H2,1-4H3;6-7H,3-5H2,1-2H3;6-7H,5H2,1-4H3. The molecule has 43 heavy (non-hydrogen) atoms. The number of aryl methyl sites for hydroxylation is 1. The van der Waals surface area contributed by atoms with Gasteiger partial charge in [0.1, 0.15) is 0 Å². The summed E-state index contributed by atoms with van der Waals surface area (Å²) in [4.78, 5) is 0. The fourth-order valence-electron chi connectivity index (χ4n) is 6.36. The molecule has 3 rings (SSSR count). The van der Waals surface area contributed by atoms with Gasteiger partial charge in [-0.15, -0.1) is 0 Å². The number of hydrogen-bond donors (Lipinski definition) is 0. The molecule has 2 fully saturated rings. The van der Waals surface area contributed by atoms with E-state index >= 15 is 0 Å². The van der Waals surface area contributed by atoms with Gasteiger partial charge in [0.2, 0.25) is 0 Å².